The molecule has 194 valence electrons. The zero-order valence-electron chi connectivity index (χ0n) is 20.0. The number of ether oxygens (including phenoxy) is 1. The molecule has 9 nitrogen and oxygen atoms in total. The van der Waals surface area contributed by atoms with Crippen LogP contribution in [0.5, 0.6) is 0 Å². The highest BCUT2D eigenvalue weighted by Gasteiger charge is 2.30. The molecule has 0 aliphatic rings. The number of nitrogens with zero attached hydrogens (tertiary/aromatic N) is 3. The molecule has 0 fully saturated rings. The highest BCUT2D eigenvalue weighted by atomic mass is 19.4. The number of aromatic amines is 1. The van der Waals surface area contributed by atoms with Gasteiger partial charge in [-0.05, 0) is 47.5 Å². The van der Waals surface area contributed by atoms with E-state index < -0.39 is 17.6 Å². The Morgan fingerprint density at radius 2 is 1.84 bits per heavy atom. The van der Waals surface area contributed by atoms with Crippen LogP contribution in [0.4, 0.5) is 19.1 Å². The van der Waals surface area contributed by atoms with E-state index in [4.69, 9.17) is 4.74 Å². The fraction of sp³-hybridized carbons (Fsp3) is 0.154. The SMILES string of the molecule is COCCNC(=O)c1cccn2cc(C(=O)Nc3nc4cc(-c5cccc(C(F)(F)F)c5)ccc4[nH]3)nc12. The summed E-state index contributed by atoms with van der Waals surface area (Å²) in [5.41, 5.74) is 1.91. The number of methoxy groups -OCH3 is 1. The molecule has 3 N–H and O–H groups in total. The summed E-state index contributed by atoms with van der Waals surface area (Å²) in [5.74, 6) is -0.767. The lowest BCUT2D eigenvalue weighted by atomic mass is 10.0. The number of fused-ring (bicyclic) bond motifs is 2. The van der Waals surface area contributed by atoms with Crippen LogP contribution < -0.4 is 10.6 Å². The number of nitrogens with one attached hydrogen (secondary N) is 3. The van der Waals surface area contributed by atoms with Crippen LogP contribution in [-0.2, 0) is 10.9 Å². The van der Waals surface area contributed by atoms with Gasteiger partial charge in [0, 0.05) is 26.0 Å². The fourth-order valence-electron chi connectivity index (χ4n) is 3.95. The Kier molecular flexibility index (Phi) is 6.55. The van der Waals surface area contributed by atoms with E-state index in [0.717, 1.165) is 12.1 Å². The van der Waals surface area contributed by atoms with Gasteiger partial charge >= 0.3 is 6.18 Å². The largest absolute Gasteiger partial charge is 0.416 e. The van der Waals surface area contributed by atoms with Crippen molar-refractivity contribution < 1.29 is 27.5 Å². The number of amides is 2. The number of halogens is 3. The summed E-state index contributed by atoms with van der Waals surface area (Å²) >= 11 is 0. The molecular formula is C26H21F3N6O3. The number of hydrogen-bond acceptors (Lipinski definition) is 5. The summed E-state index contributed by atoms with van der Waals surface area (Å²) in [5, 5.41) is 5.36. The van der Waals surface area contributed by atoms with E-state index in [9.17, 15) is 22.8 Å². The third-order valence-electron chi connectivity index (χ3n) is 5.79. The molecule has 12 heteroatoms. The molecule has 0 saturated carbocycles. The molecule has 38 heavy (non-hydrogen) atoms. The van der Waals surface area contributed by atoms with Crippen LogP contribution in [0.25, 0.3) is 27.8 Å². The molecule has 3 heterocycles. The average Bonchev–Trinajstić information content (AvgIpc) is 3.51. The molecule has 0 unspecified atom stereocenters. The van der Waals surface area contributed by atoms with Gasteiger partial charge in [0.05, 0.1) is 28.8 Å². The maximum Gasteiger partial charge on any atom is 0.416 e. The number of hydrogen-bond donors (Lipinski definition) is 3. The molecular weight excluding hydrogens is 501 g/mol. The molecule has 0 atom stereocenters. The highest BCUT2D eigenvalue weighted by molar-refractivity contribution is 6.04. The van der Waals surface area contributed by atoms with Gasteiger partial charge in [0.25, 0.3) is 11.8 Å². The quantitative estimate of drug-likeness (QED) is 0.272. The van der Waals surface area contributed by atoms with Gasteiger partial charge in [-0.15, -0.1) is 0 Å². The first-order chi connectivity index (χ1) is 18.2. The summed E-state index contributed by atoms with van der Waals surface area (Å²) in [6, 6.07) is 13.3. The maximum atomic E-state index is 13.1. The number of benzene rings is 2. The Morgan fingerprint density at radius 3 is 2.63 bits per heavy atom. The molecule has 0 bridgehead atoms. The second-order valence-electron chi connectivity index (χ2n) is 8.38. The molecule has 5 aromatic rings. The van der Waals surface area contributed by atoms with Crippen LogP contribution in [0, 0.1) is 0 Å². The van der Waals surface area contributed by atoms with Crippen molar-refractivity contribution in [3.05, 3.63) is 83.8 Å². The number of carbonyl (C=O) groups is 2. The summed E-state index contributed by atoms with van der Waals surface area (Å²) in [6.45, 7) is 0.682. The Bertz CT molecular complexity index is 1660. The van der Waals surface area contributed by atoms with Crippen molar-refractivity contribution in [2.45, 2.75) is 6.18 Å². The number of rotatable bonds is 7. The summed E-state index contributed by atoms with van der Waals surface area (Å²) in [4.78, 5) is 37.1. The molecule has 3 aromatic heterocycles. The number of imidazole rings is 2. The lowest BCUT2D eigenvalue weighted by Gasteiger charge is -2.08. The minimum absolute atomic E-state index is 0.0623. The van der Waals surface area contributed by atoms with Gasteiger partial charge in [-0.2, -0.15) is 13.2 Å². The predicted octanol–water partition coefficient (Wildman–Crippen LogP) is 4.52. The Balaban J connectivity index is 1.37. The topological polar surface area (TPSA) is 113 Å². The second-order valence-corrected chi connectivity index (χ2v) is 8.38. The molecule has 5 rings (SSSR count). The molecule has 0 aliphatic carbocycles. The zero-order valence-corrected chi connectivity index (χ0v) is 20.0. The van der Waals surface area contributed by atoms with Crippen molar-refractivity contribution in [2.24, 2.45) is 0 Å². The molecule has 2 aromatic carbocycles. The molecule has 2 amide bonds. The van der Waals surface area contributed by atoms with Crippen LogP contribution >= 0.6 is 0 Å². The number of anilines is 1. The number of pyridine rings is 1. The zero-order chi connectivity index (χ0) is 26.9. The van der Waals surface area contributed by atoms with Crippen LogP contribution in [0.3, 0.4) is 0 Å². The Morgan fingerprint density at radius 1 is 1.03 bits per heavy atom. The van der Waals surface area contributed by atoms with E-state index in [2.05, 4.69) is 25.6 Å². The van der Waals surface area contributed by atoms with Gasteiger partial charge < -0.3 is 19.4 Å². The Hall–Kier alpha value is -4.71. The standard InChI is InChI=1S/C26H21F3N6O3/c1-38-11-9-30-23(36)18-6-3-10-35-14-21(31-22(18)35)24(37)34-25-32-19-8-7-16(13-20(19)33-25)15-4-2-5-17(12-15)26(27,28)29/h2-8,10,12-14H,9,11H2,1H3,(H,30,36)(H2,32,33,34,37). The lowest BCUT2D eigenvalue weighted by molar-refractivity contribution is -0.137. The summed E-state index contributed by atoms with van der Waals surface area (Å²) in [6.07, 6.45) is -1.29. The molecule has 0 spiro atoms. The van der Waals surface area contributed by atoms with Gasteiger partial charge in [-0.25, -0.2) is 9.97 Å². The first-order valence-corrected chi connectivity index (χ1v) is 11.5. The van der Waals surface area contributed by atoms with Gasteiger partial charge in [-0.3, -0.25) is 14.9 Å². The van der Waals surface area contributed by atoms with Crippen LogP contribution in [0.15, 0.2) is 67.0 Å². The first-order valence-electron chi connectivity index (χ1n) is 11.5. The van der Waals surface area contributed by atoms with Crippen molar-refractivity contribution in [1.29, 1.82) is 0 Å². The molecule has 0 aliphatic heterocycles. The highest BCUT2D eigenvalue weighted by Crippen LogP contribution is 2.33. The van der Waals surface area contributed by atoms with Crippen LogP contribution in [0.2, 0.25) is 0 Å². The van der Waals surface area contributed by atoms with E-state index in [-0.39, 0.29) is 17.5 Å². The van der Waals surface area contributed by atoms with Crippen molar-refractivity contribution in [2.75, 3.05) is 25.6 Å². The third kappa shape index (κ3) is 5.06. The fourth-order valence-corrected chi connectivity index (χ4v) is 3.95. The van der Waals surface area contributed by atoms with E-state index in [1.165, 1.54) is 19.4 Å². The predicted molar refractivity (Wildman–Crippen MR) is 134 cm³/mol. The van der Waals surface area contributed by atoms with Gasteiger partial charge in [-0.1, -0.05) is 18.2 Å². The van der Waals surface area contributed by atoms with Crippen LogP contribution in [0.1, 0.15) is 26.4 Å². The van der Waals surface area contributed by atoms with Crippen molar-refractivity contribution in [3.8, 4) is 11.1 Å². The monoisotopic (exact) mass is 522 g/mol. The maximum absolute atomic E-state index is 13.1. The van der Waals surface area contributed by atoms with E-state index in [1.807, 2.05) is 0 Å². The number of H-pyrrole nitrogens is 1. The van der Waals surface area contributed by atoms with Crippen molar-refractivity contribution in [3.63, 3.8) is 0 Å². The third-order valence-corrected chi connectivity index (χ3v) is 5.79. The second kappa shape index (κ2) is 9.98. The van der Waals surface area contributed by atoms with E-state index in [1.54, 1.807) is 47.0 Å². The van der Waals surface area contributed by atoms with Gasteiger partial charge in [0.15, 0.2) is 5.65 Å². The number of carbonyl (C=O) groups excluding carboxylic acids is 2. The lowest BCUT2D eigenvalue weighted by Crippen LogP contribution is -2.27. The summed E-state index contributed by atoms with van der Waals surface area (Å²) in [7, 11) is 1.53. The van der Waals surface area contributed by atoms with Gasteiger partial charge in [0.2, 0.25) is 5.95 Å². The van der Waals surface area contributed by atoms with Gasteiger partial charge in [0.1, 0.15) is 5.69 Å². The minimum Gasteiger partial charge on any atom is -0.383 e. The number of aromatic nitrogens is 4. The van der Waals surface area contributed by atoms with Crippen molar-refractivity contribution in [1.82, 2.24) is 24.7 Å². The number of alkyl halides is 3. The van der Waals surface area contributed by atoms with E-state index in [0.29, 0.717) is 46.5 Å². The van der Waals surface area contributed by atoms with Crippen molar-refractivity contribution >= 4 is 34.4 Å². The minimum atomic E-state index is -4.45. The summed E-state index contributed by atoms with van der Waals surface area (Å²) < 4.78 is 45.8. The van der Waals surface area contributed by atoms with E-state index >= 15 is 0 Å². The smallest absolute Gasteiger partial charge is 0.383 e. The average molecular weight is 522 g/mol. The molecule has 0 radical (unpaired) electrons. The van der Waals surface area contributed by atoms with Crippen LogP contribution in [-0.4, -0.2) is 51.4 Å². The normalized spacial score (nSPS) is 11.7. The first kappa shape index (κ1) is 25.0. The molecule has 0 saturated heterocycles. The Labute approximate surface area is 213 Å².